The molecule has 1 aliphatic rings. The van der Waals surface area contributed by atoms with Crippen LogP contribution in [0.25, 0.3) is 0 Å². The predicted octanol–water partition coefficient (Wildman–Crippen LogP) is 3.92. The molecule has 0 amide bonds. The van der Waals surface area contributed by atoms with Gasteiger partial charge in [-0.25, -0.2) is 0 Å². The van der Waals surface area contributed by atoms with Crippen LogP contribution in [0.15, 0.2) is 10.2 Å². The summed E-state index contributed by atoms with van der Waals surface area (Å²) in [6.45, 7) is 8.00. The number of rotatable bonds is 0. The Morgan fingerprint density at radius 2 is 1.17 bits per heavy atom. The van der Waals surface area contributed by atoms with Gasteiger partial charge >= 0.3 is 0 Å². The van der Waals surface area contributed by atoms with E-state index in [2.05, 4.69) is 10.2 Å². The second-order valence-electron chi connectivity index (χ2n) is 1.53. The Labute approximate surface area is 77.8 Å². The van der Waals surface area contributed by atoms with Crippen LogP contribution in [0.1, 0.15) is 54.4 Å². The number of hydrogen-bond acceptors (Lipinski definition) is 2. The highest BCUT2D eigenvalue weighted by atomic mass is 15.2. The molecular formula is C10H24N2. The largest absolute Gasteiger partial charge is 0.164 e. The van der Waals surface area contributed by atoms with Crippen molar-refractivity contribution < 1.29 is 0 Å². The van der Waals surface area contributed by atoms with E-state index in [0.29, 0.717) is 0 Å². The minimum absolute atomic E-state index is 0. The lowest BCUT2D eigenvalue weighted by atomic mass is 10.3. The molecule has 1 heterocycles. The molecule has 0 saturated carbocycles. The molecule has 1 rings (SSSR count). The van der Waals surface area contributed by atoms with Crippen molar-refractivity contribution >= 4 is 12.4 Å². The molecule has 0 aliphatic carbocycles. The van der Waals surface area contributed by atoms with Crippen LogP contribution in [0, 0.1) is 0 Å². The molecule has 0 N–H and O–H groups in total. The smallest absolute Gasteiger partial charge is 0.0270 e. The summed E-state index contributed by atoms with van der Waals surface area (Å²) in [7, 11) is 0. The topological polar surface area (TPSA) is 24.7 Å². The Bertz CT molecular complexity index is 84.0. The summed E-state index contributed by atoms with van der Waals surface area (Å²) in [5, 5.41) is 7.43. The molecule has 0 radical (unpaired) electrons. The highest BCUT2D eigenvalue weighted by molar-refractivity contribution is 5.64. The highest BCUT2D eigenvalue weighted by Gasteiger charge is 1.83. The van der Waals surface area contributed by atoms with Crippen LogP contribution in [0.3, 0.4) is 0 Å². The SMILES string of the molecule is C.C1=NN=CCCC1.CC.CC. The van der Waals surface area contributed by atoms with Gasteiger partial charge in [0.05, 0.1) is 0 Å². The summed E-state index contributed by atoms with van der Waals surface area (Å²) in [6.07, 6.45) is 7.07. The summed E-state index contributed by atoms with van der Waals surface area (Å²) < 4.78 is 0. The van der Waals surface area contributed by atoms with Crippen LogP contribution in [-0.4, -0.2) is 12.4 Å². The first-order valence-electron chi connectivity index (χ1n) is 4.53. The maximum absolute atomic E-state index is 3.72. The molecule has 0 unspecified atom stereocenters. The molecule has 0 atom stereocenters. The Morgan fingerprint density at radius 1 is 0.833 bits per heavy atom. The van der Waals surface area contributed by atoms with E-state index < -0.39 is 0 Å². The van der Waals surface area contributed by atoms with E-state index in [1.807, 2.05) is 40.1 Å². The summed E-state index contributed by atoms with van der Waals surface area (Å²) in [5.41, 5.74) is 0. The second kappa shape index (κ2) is 22.4. The molecule has 2 heteroatoms. The van der Waals surface area contributed by atoms with Crippen molar-refractivity contribution in [1.82, 2.24) is 0 Å². The molecule has 0 fully saturated rings. The average Bonchev–Trinajstić information content (AvgIpc) is 2.42. The van der Waals surface area contributed by atoms with Crippen LogP contribution in [0.5, 0.6) is 0 Å². The van der Waals surface area contributed by atoms with Gasteiger partial charge in [0.15, 0.2) is 0 Å². The first-order chi connectivity index (χ1) is 5.50. The van der Waals surface area contributed by atoms with Crippen LogP contribution in [0.4, 0.5) is 0 Å². The van der Waals surface area contributed by atoms with Gasteiger partial charge in [-0.05, 0) is 19.3 Å². The van der Waals surface area contributed by atoms with Crippen LogP contribution >= 0.6 is 0 Å². The zero-order valence-corrected chi connectivity index (χ0v) is 8.17. The monoisotopic (exact) mass is 172 g/mol. The average molecular weight is 172 g/mol. The molecule has 12 heavy (non-hydrogen) atoms. The van der Waals surface area contributed by atoms with E-state index in [-0.39, 0.29) is 7.43 Å². The first-order valence-corrected chi connectivity index (χ1v) is 4.53. The maximum atomic E-state index is 3.72. The van der Waals surface area contributed by atoms with E-state index in [9.17, 15) is 0 Å². The third kappa shape index (κ3) is 16.2. The van der Waals surface area contributed by atoms with Gasteiger partial charge in [0.1, 0.15) is 0 Å². The van der Waals surface area contributed by atoms with Crippen molar-refractivity contribution in [1.29, 1.82) is 0 Å². The lowest BCUT2D eigenvalue weighted by molar-refractivity contribution is 0.954. The molecule has 0 aromatic carbocycles. The third-order valence-electron chi connectivity index (χ3n) is 0.896. The minimum atomic E-state index is 0. The zero-order valence-electron chi connectivity index (χ0n) is 8.17. The summed E-state index contributed by atoms with van der Waals surface area (Å²) in [5.74, 6) is 0. The van der Waals surface area contributed by atoms with Gasteiger partial charge in [-0.1, -0.05) is 35.1 Å². The van der Waals surface area contributed by atoms with Crippen molar-refractivity contribution in [3.8, 4) is 0 Å². The Morgan fingerprint density at radius 3 is 1.50 bits per heavy atom. The number of nitrogens with zero attached hydrogens (tertiary/aromatic N) is 2. The van der Waals surface area contributed by atoms with Crippen LogP contribution in [-0.2, 0) is 0 Å². The van der Waals surface area contributed by atoms with Crippen molar-refractivity contribution in [2.24, 2.45) is 10.2 Å². The zero-order chi connectivity index (χ0) is 8.95. The van der Waals surface area contributed by atoms with Crippen molar-refractivity contribution in [2.75, 3.05) is 0 Å². The van der Waals surface area contributed by atoms with Gasteiger partial charge in [0.25, 0.3) is 0 Å². The fourth-order valence-electron chi connectivity index (χ4n) is 0.510. The molecule has 0 bridgehead atoms. The summed E-state index contributed by atoms with van der Waals surface area (Å²) in [4.78, 5) is 0. The molecule has 0 aromatic rings. The minimum Gasteiger partial charge on any atom is -0.164 e. The first kappa shape index (κ1) is 17.4. The van der Waals surface area contributed by atoms with E-state index >= 15 is 0 Å². The fourth-order valence-corrected chi connectivity index (χ4v) is 0.510. The molecule has 2 nitrogen and oxygen atoms in total. The normalized spacial score (nSPS) is 12.3. The highest BCUT2D eigenvalue weighted by Crippen LogP contribution is 1.93. The molecule has 0 aromatic heterocycles. The number of hydrogen-bond donors (Lipinski definition) is 0. The van der Waals surface area contributed by atoms with Crippen molar-refractivity contribution in [2.45, 2.75) is 54.4 Å². The van der Waals surface area contributed by atoms with Crippen LogP contribution in [0.2, 0.25) is 0 Å². The fraction of sp³-hybridized carbons (Fsp3) is 0.800. The lowest BCUT2D eigenvalue weighted by Crippen LogP contribution is -1.72. The molecular weight excluding hydrogens is 148 g/mol. The van der Waals surface area contributed by atoms with E-state index in [4.69, 9.17) is 0 Å². The second-order valence-corrected chi connectivity index (χ2v) is 1.53. The van der Waals surface area contributed by atoms with Crippen LogP contribution < -0.4 is 0 Å². The van der Waals surface area contributed by atoms with Gasteiger partial charge in [-0.3, -0.25) is 0 Å². The van der Waals surface area contributed by atoms with Gasteiger partial charge < -0.3 is 0 Å². The summed E-state index contributed by atoms with van der Waals surface area (Å²) >= 11 is 0. The Kier molecular flexibility index (Phi) is 32.6. The third-order valence-corrected chi connectivity index (χ3v) is 0.896. The predicted molar refractivity (Wildman–Crippen MR) is 60.3 cm³/mol. The van der Waals surface area contributed by atoms with Gasteiger partial charge in [0.2, 0.25) is 0 Å². The lowest BCUT2D eigenvalue weighted by Gasteiger charge is -1.78. The Balaban J connectivity index is -0.000000144. The molecule has 74 valence electrons. The van der Waals surface area contributed by atoms with Crippen molar-refractivity contribution in [3.63, 3.8) is 0 Å². The molecule has 0 spiro atoms. The van der Waals surface area contributed by atoms with Gasteiger partial charge in [0, 0.05) is 12.4 Å². The summed E-state index contributed by atoms with van der Waals surface area (Å²) in [6, 6.07) is 0. The quantitative estimate of drug-likeness (QED) is 0.529. The van der Waals surface area contributed by atoms with Crippen molar-refractivity contribution in [3.05, 3.63) is 0 Å². The van der Waals surface area contributed by atoms with E-state index in [1.54, 1.807) is 0 Å². The molecule has 1 aliphatic heterocycles. The van der Waals surface area contributed by atoms with Gasteiger partial charge in [-0.15, -0.1) is 0 Å². The van der Waals surface area contributed by atoms with E-state index in [1.165, 1.54) is 6.42 Å². The maximum Gasteiger partial charge on any atom is 0.0270 e. The molecule has 0 saturated heterocycles. The Hall–Kier alpha value is -0.660. The standard InChI is InChI=1S/C5H8N2.2C2H6.CH4/c1-2-4-6-7-5-3-1;2*1-2;/h4-5H,1-3H2;2*1-2H3;1H4. The van der Waals surface area contributed by atoms with E-state index in [0.717, 1.165) is 12.8 Å². The van der Waals surface area contributed by atoms with Gasteiger partial charge in [-0.2, -0.15) is 10.2 Å².